The number of likely N-dealkylation sites (tertiary alicyclic amines) is 1. The van der Waals surface area contributed by atoms with Crippen LogP contribution in [0.15, 0.2) is 42.5 Å². The molecule has 8 nitrogen and oxygen atoms in total. The Labute approximate surface area is 187 Å². The molecular weight excluding hydrogens is 420 g/mol. The molecule has 1 saturated heterocycles. The number of nitrogens with one attached hydrogen (secondary N) is 2. The van der Waals surface area contributed by atoms with Crippen molar-refractivity contribution < 1.29 is 19.5 Å². The van der Waals surface area contributed by atoms with Gasteiger partial charge in [0.05, 0.1) is 17.2 Å². The van der Waals surface area contributed by atoms with E-state index in [2.05, 4.69) is 10.6 Å². The molecule has 2 aromatic rings. The number of piperidine rings is 1. The largest absolute Gasteiger partial charge is 0.506 e. The number of rotatable bonds is 7. The van der Waals surface area contributed by atoms with E-state index in [1.807, 2.05) is 11.9 Å². The van der Waals surface area contributed by atoms with Crippen LogP contribution in [0.5, 0.6) is 5.75 Å². The SMILES string of the molecule is CNCCN1CCCC(c2ccc(C(=O)Nc3c(O)cccc3C(N)=O)cc2)C1=O.Cl. The Morgan fingerprint density at radius 1 is 1.19 bits per heavy atom. The summed E-state index contributed by atoms with van der Waals surface area (Å²) in [5, 5.41) is 15.6. The van der Waals surface area contributed by atoms with E-state index >= 15 is 0 Å². The molecule has 1 aliphatic rings. The maximum Gasteiger partial charge on any atom is 0.255 e. The minimum Gasteiger partial charge on any atom is -0.506 e. The molecule has 1 aliphatic heterocycles. The number of hydrogen-bond acceptors (Lipinski definition) is 5. The van der Waals surface area contributed by atoms with Crippen LogP contribution < -0.4 is 16.4 Å². The second kappa shape index (κ2) is 10.8. The van der Waals surface area contributed by atoms with Gasteiger partial charge in [0.1, 0.15) is 5.75 Å². The normalized spacial score (nSPS) is 15.8. The van der Waals surface area contributed by atoms with Gasteiger partial charge in [-0.05, 0) is 49.7 Å². The lowest BCUT2D eigenvalue weighted by molar-refractivity contribution is -0.135. The zero-order valence-corrected chi connectivity index (χ0v) is 18.1. The molecule has 9 heteroatoms. The van der Waals surface area contributed by atoms with Gasteiger partial charge in [-0.1, -0.05) is 18.2 Å². The van der Waals surface area contributed by atoms with Gasteiger partial charge in [0.2, 0.25) is 5.91 Å². The van der Waals surface area contributed by atoms with Crippen molar-refractivity contribution in [1.29, 1.82) is 0 Å². The van der Waals surface area contributed by atoms with Gasteiger partial charge in [-0.25, -0.2) is 0 Å². The number of primary amides is 1. The summed E-state index contributed by atoms with van der Waals surface area (Å²) >= 11 is 0. The number of aromatic hydroxyl groups is 1. The minimum atomic E-state index is -0.754. The van der Waals surface area contributed by atoms with Gasteiger partial charge >= 0.3 is 0 Å². The van der Waals surface area contributed by atoms with Gasteiger partial charge in [0, 0.05) is 25.2 Å². The number of likely N-dealkylation sites (N-methyl/N-ethyl adjacent to an activating group) is 1. The van der Waals surface area contributed by atoms with Gasteiger partial charge in [-0.15, -0.1) is 12.4 Å². The molecule has 5 N–H and O–H groups in total. The van der Waals surface area contributed by atoms with E-state index in [-0.39, 0.29) is 41.2 Å². The predicted octanol–water partition coefficient (Wildman–Crippen LogP) is 2.09. The van der Waals surface area contributed by atoms with E-state index in [1.165, 1.54) is 18.2 Å². The molecule has 166 valence electrons. The summed E-state index contributed by atoms with van der Waals surface area (Å²) in [5.74, 6) is -1.60. The third-order valence-corrected chi connectivity index (χ3v) is 5.28. The summed E-state index contributed by atoms with van der Waals surface area (Å²) in [7, 11) is 1.86. The molecule has 3 rings (SSSR count). The third kappa shape index (κ3) is 5.53. The highest BCUT2D eigenvalue weighted by Crippen LogP contribution is 2.30. The first-order chi connectivity index (χ1) is 14.4. The maximum atomic E-state index is 12.8. The molecule has 0 aliphatic carbocycles. The lowest BCUT2D eigenvalue weighted by Crippen LogP contribution is -2.43. The van der Waals surface area contributed by atoms with Crippen LogP contribution in [0.4, 0.5) is 5.69 Å². The topological polar surface area (TPSA) is 125 Å². The second-order valence-corrected chi connectivity index (χ2v) is 7.26. The number of phenolic OH excluding ortho intramolecular Hbond substituents is 1. The standard InChI is InChI=1S/C22H26N4O4.ClH/c1-24-11-13-26-12-3-5-16(22(26)30)14-7-9-15(10-8-14)21(29)25-19-17(20(23)28)4-2-6-18(19)27;/h2,4,6-10,16,24,27H,3,5,11-13H2,1H3,(H2,23,28)(H,25,29);1H. The van der Waals surface area contributed by atoms with E-state index in [1.54, 1.807) is 24.3 Å². The zero-order chi connectivity index (χ0) is 21.7. The van der Waals surface area contributed by atoms with Crippen LogP contribution in [0.2, 0.25) is 0 Å². The van der Waals surface area contributed by atoms with Crippen molar-refractivity contribution in [2.24, 2.45) is 5.73 Å². The van der Waals surface area contributed by atoms with Crippen molar-refractivity contribution in [1.82, 2.24) is 10.2 Å². The summed E-state index contributed by atoms with van der Waals surface area (Å²) in [6, 6.07) is 11.1. The Balaban J connectivity index is 0.00000341. The fraction of sp³-hybridized carbons (Fsp3) is 0.318. The average molecular weight is 447 g/mol. The molecule has 0 radical (unpaired) electrons. The Hall–Kier alpha value is -3.10. The Kier molecular flexibility index (Phi) is 8.41. The van der Waals surface area contributed by atoms with Gasteiger partial charge in [-0.2, -0.15) is 0 Å². The summed E-state index contributed by atoms with van der Waals surface area (Å²) in [4.78, 5) is 38.8. The zero-order valence-electron chi connectivity index (χ0n) is 17.3. The van der Waals surface area contributed by atoms with Crippen LogP contribution in [0.25, 0.3) is 0 Å². The van der Waals surface area contributed by atoms with Crippen molar-refractivity contribution >= 4 is 35.8 Å². The van der Waals surface area contributed by atoms with Crippen molar-refractivity contribution in [3.8, 4) is 5.75 Å². The molecule has 2 aromatic carbocycles. The number of amides is 3. The quantitative estimate of drug-likeness (QED) is 0.485. The van der Waals surface area contributed by atoms with Crippen molar-refractivity contribution in [3.63, 3.8) is 0 Å². The number of phenols is 1. The van der Waals surface area contributed by atoms with Crippen LogP contribution in [0, 0.1) is 0 Å². The molecule has 31 heavy (non-hydrogen) atoms. The molecule has 3 amide bonds. The Morgan fingerprint density at radius 2 is 1.90 bits per heavy atom. The number of anilines is 1. The fourth-order valence-corrected chi connectivity index (χ4v) is 3.65. The molecule has 1 heterocycles. The fourth-order valence-electron chi connectivity index (χ4n) is 3.65. The predicted molar refractivity (Wildman–Crippen MR) is 121 cm³/mol. The molecule has 1 atom stereocenters. The minimum absolute atomic E-state index is 0. The number of carbonyl (C=O) groups excluding carboxylic acids is 3. The summed E-state index contributed by atoms with van der Waals surface area (Å²) in [6.45, 7) is 2.19. The Morgan fingerprint density at radius 3 is 2.55 bits per heavy atom. The first-order valence-corrected chi connectivity index (χ1v) is 9.89. The number of carbonyl (C=O) groups is 3. The average Bonchev–Trinajstić information content (AvgIpc) is 2.74. The molecular formula is C22H27ClN4O4. The van der Waals surface area contributed by atoms with E-state index in [9.17, 15) is 19.5 Å². The number of hydrogen-bond donors (Lipinski definition) is 4. The van der Waals surface area contributed by atoms with Crippen LogP contribution in [0.1, 0.15) is 45.0 Å². The first-order valence-electron chi connectivity index (χ1n) is 9.89. The monoisotopic (exact) mass is 446 g/mol. The van der Waals surface area contributed by atoms with E-state index in [0.717, 1.165) is 31.5 Å². The Bertz CT molecular complexity index is 949. The number of para-hydroxylation sites is 1. The molecule has 0 aromatic heterocycles. The second-order valence-electron chi connectivity index (χ2n) is 7.26. The van der Waals surface area contributed by atoms with E-state index in [4.69, 9.17) is 5.73 Å². The van der Waals surface area contributed by atoms with Crippen molar-refractivity contribution in [2.75, 3.05) is 32.0 Å². The lowest BCUT2D eigenvalue weighted by Gasteiger charge is -2.32. The van der Waals surface area contributed by atoms with Gasteiger partial charge < -0.3 is 26.4 Å². The van der Waals surface area contributed by atoms with E-state index in [0.29, 0.717) is 12.1 Å². The maximum absolute atomic E-state index is 12.8. The van der Waals surface area contributed by atoms with Gasteiger partial charge in [0.25, 0.3) is 11.8 Å². The summed E-state index contributed by atoms with van der Waals surface area (Å²) < 4.78 is 0. The highest BCUT2D eigenvalue weighted by molar-refractivity contribution is 6.09. The van der Waals surface area contributed by atoms with Crippen LogP contribution in [-0.4, -0.2) is 54.4 Å². The summed E-state index contributed by atoms with van der Waals surface area (Å²) in [6.07, 6.45) is 1.71. The molecule has 1 unspecified atom stereocenters. The summed E-state index contributed by atoms with van der Waals surface area (Å²) in [5.41, 5.74) is 6.52. The first kappa shape index (κ1) is 24.2. The third-order valence-electron chi connectivity index (χ3n) is 5.28. The molecule has 0 bridgehead atoms. The highest BCUT2D eigenvalue weighted by atomic mass is 35.5. The van der Waals surface area contributed by atoms with Gasteiger partial charge in [0.15, 0.2) is 0 Å². The highest BCUT2D eigenvalue weighted by Gasteiger charge is 2.29. The number of nitrogens with two attached hydrogens (primary N) is 1. The number of halogens is 1. The van der Waals surface area contributed by atoms with Gasteiger partial charge in [-0.3, -0.25) is 14.4 Å². The molecule has 0 saturated carbocycles. The lowest BCUT2D eigenvalue weighted by atomic mass is 9.89. The number of nitrogens with zero attached hydrogens (tertiary/aromatic N) is 1. The van der Waals surface area contributed by atoms with Crippen LogP contribution in [0.3, 0.4) is 0 Å². The van der Waals surface area contributed by atoms with Crippen molar-refractivity contribution in [2.45, 2.75) is 18.8 Å². The number of benzene rings is 2. The van der Waals surface area contributed by atoms with E-state index < -0.39 is 11.8 Å². The van der Waals surface area contributed by atoms with Crippen molar-refractivity contribution in [3.05, 3.63) is 59.2 Å². The molecule has 1 fully saturated rings. The molecule has 0 spiro atoms. The van der Waals surface area contributed by atoms with Crippen LogP contribution in [-0.2, 0) is 4.79 Å². The van der Waals surface area contributed by atoms with Crippen LogP contribution >= 0.6 is 12.4 Å². The smallest absolute Gasteiger partial charge is 0.255 e.